The van der Waals surface area contributed by atoms with E-state index in [1.54, 1.807) is 0 Å². The topological polar surface area (TPSA) is 81.9 Å². The summed E-state index contributed by atoms with van der Waals surface area (Å²) < 4.78 is 0. The van der Waals surface area contributed by atoms with Crippen molar-refractivity contribution in [2.45, 2.75) is 205 Å². The smallest absolute Gasteiger partial charge is 0.315 e. The lowest BCUT2D eigenvalue weighted by molar-refractivity contribution is 0.276. The largest absolute Gasteiger partial charge is 0.353 e. The number of oxime groups is 2. The van der Waals surface area contributed by atoms with Crippen LogP contribution in [0.2, 0.25) is 5.28 Å². The maximum atomic E-state index is 6.25. The van der Waals surface area contributed by atoms with Gasteiger partial charge in [0.1, 0.15) is 0 Å². The van der Waals surface area contributed by atoms with Gasteiger partial charge in [0.25, 0.3) is 0 Å². The van der Waals surface area contributed by atoms with Crippen molar-refractivity contribution in [2.75, 3.05) is 0 Å². The molecule has 3 rings (SSSR count). The highest BCUT2D eigenvalue weighted by Gasteiger charge is 2.11. The normalized spacial score (nSPS) is 21.2. The Morgan fingerprint density at radius 2 is 0.556 bits per heavy atom. The number of halogens is 1. The molecule has 7 nitrogen and oxygen atoms in total. The minimum atomic E-state index is 0.0261. The van der Waals surface area contributed by atoms with E-state index in [1.165, 1.54) is 154 Å². The molecule has 0 bridgehead atoms. The molecule has 2 aliphatic carbocycles. The summed E-state index contributed by atoms with van der Waals surface area (Å²) in [5.74, 6) is 0. The van der Waals surface area contributed by atoms with E-state index in [0.717, 1.165) is 62.8 Å². The second kappa shape index (κ2) is 26.3. The fourth-order valence-corrected chi connectivity index (χ4v) is 6.74. The van der Waals surface area contributed by atoms with Crippen LogP contribution in [0.15, 0.2) is 10.3 Å². The highest BCUT2D eigenvalue weighted by molar-refractivity contribution is 6.28. The number of rotatable bonds is 4. The molecule has 8 heteroatoms. The van der Waals surface area contributed by atoms with E-state index in [0.29, 0.717) is 0 Å². The molecule has 1 heterocycles. The standard InChI is InChI=1S/C37H64ClN5O2/c38-35-39-36(44-42-33-29-25-21-17-13-9-5-1-2-6-10-14-18-22-26-30-33)41-37(40-35)45-43-34-31-27-23-19-15-11-7-3-4-8-12-16-20-24-28-32-34/h1-32H2. The Bertz CT molecular complexity index is 831. The molecule has 0 aromatic carbocycles. The average molecular weight is 646 g/mol. The van der Waals surface area contributed by atoms with Crippen molar-refractivity contribution < 1.29 is 9.68 Å². The summed E-state index contributed by atoms with van der Waals surface area (Å²) in [6, 6.07) is 0.130. The van der Waals surface area contributed by atoms with Crippen molar-refractivity contribution in [2.24, 2.45) is 10.3 Å². The quantitative estimate of drug-likeness (QED) is 0.304. The van der Waals surface area contributed by atoms with E-state index in [2.05, 4.69) is 25.3 Å². The van der Waals surface area contributed by atoms with Crippen molar-refractivity contribution in [3.63, 3.8) is 0 Å². The van der Waals surface area contributed by atoms with Crippen LogP contribution in [0.25, 0.3) is 0 Å². The van der Waals surface area contributed by atoms with Gasteiger partial charge in [-0.05, 0) is 63.0 Å². The Hall–Kier alpha value is -1.76. The van der Waals surface area contributed by atoms with Crippen molar-refractivity contribution >= 4 is 23.0 Å². The lowest BCUT2D eigenvalue weighted by atomic mass is 10.0. The first-order valence-electron chi connectivity index (χ1n) is 19.2. The second-order valence-corrected chi connectivity index (χ2v) is 13.9. The first-order valence-corrected chi connectivity index (χ1v) is 19.5. The lowest BCUT2D eigenvalue weighted by Gasteiger charge is -2.08. The average Bonchev–Trinajstić information content (AvgIpc) is 3.04. The van der Waals surface area contributed by atoms with Crippen LogP contribution in [-0.4, -0.2) is 26.4 Å². The van der Waals surface area contributed by atoms with Crippen molar-refractivity contribution in [3.05, 3.63) is 5.28 Å². The van der Waals surface area contributed by atoms with Crippen LogP contribution in [0.3, 0.4) is 0 Å². The van der Waals surface area contributed by atoms with E-state index < -0.39 is 0 Å². The Balaban J connectivity index is 1.55. The van der Waals surface area contributed by atoms with Crippen LogP contribution in [0.4, 0.5) is 0 Å². The number of hydrogen-bond donors (Lipinski definition) is 0. The fourth-order valence-electron chi connectivity index (χ4n) is 6.60. The van der Waals surface area contributed by atoms with Crippen molar-refractivity contribution in [3.8, 4) is 12.0 Å². The second-order valence-electron chi connectivity index (χ2n) is 13.6. The van der Waals surface area contributed by atoms with Gasteiger partial charge in [-0.1, -0.05) is 164 Å². The molecule has 1 aromatic rings. The van der Waals surface area contributed by atoms with Crippen LogP contribution in [0.1, 0.15) is 205 Å². The monoisotopic (exact) mass is 645 g/mol. The van der Waals surface area contributed by atoms with Gasteiger partial charge in [-0.25, -0.2) is 0 Å². The third kappa shape index (κ3) is 20.2. The fraction of sp³-hybridized carbons (Fsp3) is 0.865. The minimum absolute atomic E-state index is 0.0261. The summed E-state index contributed by atoms with van der Waals surface area (Å²) in [4.78, 5) is 24.1. The zero-order valence-corrected chi connectivity index (χ0v) is 29.3. The van der Waals surface area contributed by atoms with Crippen molar-refractivity contribution in [1.82, 2.24) is 15.0 Å². The van der Waals surface area contributed by atoms with Crippen LogP contribution >= 0.6 is 11.6 Å². The van der Waals surface area contributed by atoms with E-state index in [-0.39, 0.29) is 17.3 Å². The lowest BCUT2D eigenvalue weighted by Crippen LogP contribution is -2.06. The Morgan fingerprint density at radius 1 is 0.333 bits per heavy atom. The van der Waals surface area contributed by atoms with Crippen LogP contribution in [0, 0.1) is 0 Å². The molecule has 0 unspecified atom stereocenters. The van der Waals surface area contributed by atoms with E-state index in [1.807, 2.05) is 0 Å². The molecular formula is C37H64ClN5O2. The molecule has 2 saturated carbocycles. The summed E-state index contributed by atoms with van der Waals surface area (Å²) in [6.45, 7) is 0. The molecule has 1 aromatic heterocycles. The van der Waals surface area contributed by atoms with Gasteiger partial charge >= 0.3 is 12.0 Å². The molecule has 2 fully saturated rings. The maximum Gasteiger partial charge on any atom is 0.353 e. The predicted molar refractivity (Wildman–Crippen MR) is 189 cm³/mol. The van der Waals surface area contributed by atoms with Gasteiger partial charge in [0.05, 0.1) is 11.4 Å². The zero-order chi connectivity index (χ0) is 31.5. The first kappa shape index (κ1) is 37.7. The van der Waals surface area contributed by atoms with Crippen LogP contribution in [-0.2, 0) is 0 Å². The minimum Gasteiger partial charge on any atom is -0.315 e. The van der Waals surface area contributed by atoms with Crippen LogP contribution in [0.5, 0.6) is 12.0 Å². The molecular weight excluding hydrogens is 582 g/mol. The summed E-state index contributed by atoms with van der Waals surface area (Å²) >= 11 is 6.25. The molecule has 45 heavy (non-hydrogen) atoms. The summed E-state index contributed by atoms with van der Waals surface area (Å²) in [5.41, 5.74) is 2.17. The molecule has 0 radical (unpaired) electrons. The van der Waals surface area contributed by atoms with E-state index in [9.17, 15) is 0 Å². The Labute approximate surface area is 280 Å². The SMILES string of the molecule is Clc1nc(ON=C2CCCCCCCCCCCCCCCC2)nc(ON=C2CCCCCCCCCCCCCCCC2)n1. The van der Waals surface area contributed by atoms with Gasteiger partial charge in [-0.2, -0.15) is 9.97 Å². The molecule has 0 N–H and O–H groups in total. The highest BCUT2D eigenvalue weighted by atomic mass is 35.5. The Morgan fingerprint density at radius 3 is 0.800 bits per heavy atom. The molecule has 0 saturated heterocycles. The molecule has 0 spiro atoms. The molecule has 256 valence electrons. The summed E-state index contributed by atoms with van der Waals surface area (Å²) in [5, 5.41) is 9.04. The molecule has 0 aliphatic heterocycles. The Kier molecular flexibility index (Phi) is 22.1. The number of hydrogen-bond acceptors (Lipinski definition) is 7. The van der Waals surface area contributed by atoms with Crippen LogP contribution < -0.4 is 9.68 Å². The number of aromatic nitrogens is 3. The zero-order valence-electron chi connectivity index (χ0n) is 28.6. The predicted octanol–water partition coefficient (Wildman–Crippen LogP) is 12.5. The van der Waals surface area contributed by atoms with Gasteiger partial charge in [0.2, 0.25) is 5.28 Å². The molecule has 0 atom stereocenters. The summed E-state index contributed by atoms with van der Waals surface area (Å²) in [7, 11) is 0. The van der Waals surface area contributed by atoms with Gasteiger partial charge in [-0.3, -0.25) is 0 Å². The molecule has 0 amide bonds. The maximum absolute atomic E-state index is 6.25. The first-order chi connectivity index (χ1) is 22.3. The van der Waals surface area contributed by atoms with Gasteiger partial charge in [-0.15, -0.1) is 4.98 Å². The van der Waals surface area contributed by atoms with Gasteiger partial charge < -0.3 is 9.68 Å². The number of nitrogens with zero attached hydrogens (tertiary/aromatic N) is 5. The van der Waals surface area contributed by atoms with E-state index >= 15 is 0 Å². The summed E-state index contributed by atoms with van der Waals surface area (Å²) in [6.07, 6.45) is 40.7. The third-order valence-electron chi connectivity index (χ3n) is 9.44. The van der Waals surface area contributed by atoms with Gasteiger partial charge in [0.15, 0.2) is 0 Å². The van der Waals surface area contributed by atoms with E-state index in [4.69, 9.17) is 21.3 Å². The highest BCUT2D eigenvalue weighted by Crippen LogP contribution is 2.20. The van der Waals surface area contributed by atoms with Gasteiger partial charge in [0, 0.05) is 0 Å². The van der Waals surface area contributed by atoms with Crippen molar-refractivity contribution in [1.29, 1.82) is 0 Å². The molecule has 2 aliphatic rings. The third-order valence-corrected chi connectivity index (χ3v) is 9.61.